The summed E-state index contributed by atoms with van der Waals surface area (Å²) in [7, 11) is 0. The molecule has 2 aromatic carbocycles. The number of nitrogens with zero attached hydrogens (tertiary/aromatic N) is 1. The molecule has 0 aliphatic carbocycles. The van der Waals surface area contributed by atoms with Crippen molar-refractivity contribution in [3.05, 3.63) is 71.0 Å². The summed E-state index contributed by atoms with van der Waals surface area (Å²) in [5, 5.41) is 0.494. The summed E-state index contributed by atoms with van der Waals surface area (Å²) in [6.45, 7) is 3.59. The van der Waals surface area contributed by atoms with Crippen LogP contribution >= 0.6 is 0 Å². The fourth-order valence-corrected chi connectivity index (χ4v) is 2.75. The van der Waals surface area contributed by atoms with Crippen LogP contribution in [0.2, 0.25) is 0 Å². The summed E-state index contributed by atoms with van der Waals surface area (Å²) in [6, 6.07) is 12.1. The predicted octanol–water partition coefficient (Wildman–Crippen LogP) is 3.25. The second kappa shape index (κ2) is 6.12. The van der Waals surface area contributed by atoms with Crippen LogP contribution in [0.4, 0.5) is 4.39 Å². The molecule has 128 valence electrons. The lowest BCUT2D eigenvalue weighted by atomic mass is 9.82. The molecule has 0 bridgehead atoms. The third-order valence-electron chi connectivity index (χ3n) is 4.16. The van der Waals surface area contributed by atoms with E-state index in [9.17, 15) is 18.8 Å². The number of fused-ring (bicyclic) bond motifs is 1. The lowest BCUT2D eigenvalue weighted by Gasteiger charge is -2.24. The molecule has 5 nitrogen and oxygen atoms in total. The fourth-order valence-electron chi connectivity index (χ4n) is 2.75. The molecule has 2 amide bonds. The molecule has 1 aliphatic heterocycles. The Morgan fingerprint density at radius 3 is 2.04 bits per heavy atom. The first kappa shape index (κ1) is 16.8. The summed E-state index contributed by atoms with van der Waals surface area (Å²) in [6.07, 6.45) is -0.0773. The Kier molecular flexibility index (Phi) is 4.12. The molecule has 0 fully saturated rings. The van der Waals surface area contributed by atoms with Gasteiger partial charge in [-0.1, -0.05) is 43.2 Å². The highest BCUT2D eigenvalue weighted by atomic mass is 19.1. The third kappa shape index (κ3) is 3.15. The molecule has 0 aromatic heterocycles. The molecule has 0 N–H and O–H groups in total. The van der Waals surface area contributed by atoms with Gasteiger partial charge in [-0.2, -0.15) is 0 Å². The van der Waals surface area contributed by atoms with E-state index in [1.54, 1.807) is 38.1 Å². The Hall–Kier alpha value is -3.02. The van der Waals surface area contributed by atoms with Crippen molar-refractivity contribution in [2.24, 2.45) is 0 Å². The van der Waals surface area contributed by atoms with Crippen molar-refractivity contribution in [2.45, 2.75) is 25.7 Å². The summed E-state index contributed by atoms with van der Waals surface area (Å²) in [4.78, 5) is 41.7. The van der Waals surface area contributed by atoms with Crippen molar-refractivity contribution in [2.75, 3.05) is 0 Å². The highest BCUT2D eigenvalue weighted by molar-refractivity contribution is 6.20. The highest BCUT2D eigenvalue weighted by Crippen LogP contribution is 2.29. The van der Waals surface area contributed by atoms with E-state index in [4.69, 9.17) is 4.84 Å². The van der Waals surface area contributed by atoms with Crippen molar-refractivity contribution in [3.63, 3.8) is 0 Å². The van der Waals surface area contributed by atoms with Gasteiger partial charge in [0.25, 0.3) is 11.8 Å². The Balaban J connectivity index is 1.72. The smallest absolute Gasteiger partial charge is 0.330 e. The van der Waals surface area contributed by atoms with Crippen LogP contribution in [0.25, 0.3) is 0 Å². The summed E-state index contributed by atoms with van der Waals surface area (Å²) in [5.41, 5.74) is 0.508. The van der Waals surface area contributed by atoms with Gasteiger partial charge in [0.1, 0.15) is 5.82 Å². The van der Waals surface area contributed by atoms with Crippen LogP contribution in [0.5, 0.6) is 0 Å². The molecule has 0 unspecified atom stereocenters. The standard InChI is InChI=1S/C19H16FNO4/c1-19(2,12-7-9-13(20)10-8-12)11-16(22)25-21-17(23)14-5-3-4-6-15(14)18(21)24/h3-10H,11H2,1-2H3. The Morgan fingerprint density at radius 2 is 1.52 bits per heavy atom. The number of hydroxylamine groups is 2. The molecule has 2 aromatic rings. The molecule has 0 radical (unpaired) electrons. The van der Waals surface area contributed by atoms with Gasteiger partial charge in [0, 0.05) is 5.41 Å². The average Bonchev–Trinajstić information content (AvgIpc) is 2.80. The minimum absolute atomic E-state index is 0.0773. The monoisotopic (exact) mass is 341 g/mol. The van der Waals surface area contributed by atoms with Gasteiger partial charge in [-0.25, -0.2) is 9.18 Å². The molecule has 0 saturated heterocycles. The Bertz CT molecular complexity index is 823. The normalized spacial score (nSPS) is 13.8. The molecule has 6 heteroatoms. The first-order valence-electron chi connectivity index (χ1n) is 7.74. The quantitative estimate of drug-likeness (QED) is 0.801. The van der Waals surface area contributed by atoms with Crippen LogP contribution in [0.3, 0.4) is 0 Å². The number of halogens is 1. The molecule has 0 saturated carbocycles. The van der Waals surface area contributed by atoms with E-state index in [1.807, 2.05) is 0 Å². The second-order valence-electron chi connectivity index (χ2n) is 6.48. The number of amides is 2. The summed E-state index contributed by atoms with van der Waals surface area (Å²) >= 11 is 0. The topological polar surface area (TPSA) is 63.7 Å². The largest absolute Gasteiger partial charge is 0.334 e. The minimum Gasteiger partial charge on any atom is -0.330 e. The molecule has 0 atom stereocenters. The second-order valence-corrected chi connectivity index (χ2v) is 6.48. The minimum atomic E-state index is -0.719. The SMILES string of the molecule is CC(C)(CC(=O)ON1C(=O)c2ccccc2C1=O)c1ccc(F)cc1. The van der Waals surface area contributed by atoms with E-state index in [0.29, 0.717) is 5.06 Å². The molecule has 3 rings (SSSR count). The molecule has 1 heterocycles. The maximum absolute atomic E-state index is 13.1. The molecule has 0 spiro atoms. The molecule has 1 aliphatic rings. The maximum Gasteiger partial charge on any atom is 0.334 e. The zero-order chi connectivity index (χ0) is 18.2. The van der Waals surface area contributed by atoms with E-state index >= 15 is 0 Å². The van der Waals surface area contributed by atoms with Gasteiger partial charge in [0.15, 0.2) is 0 Å². The van der Waals surface area contributed by atoms with Crippen LogP contribution in [-0.4, -0.2) is 22.8 Å². The van der Waals surface area contributed by atoms with Gasteiger partial charge in [-0.3, -0.25) is 9.59 Å². The summed E-state index contributed by atoms with van der Waals surface area (Å²) in [5.74, 6) is -2.40. The van der Waals surface area contributed by atoms with Gasteiger partial charge < -0.3 is 4.84 Å². The first-order chi connectivity index (χ1) is 11.8. The van der Waals surface area contributed by atoms with Crippen molar-refractivity contribution in [1.29, 1.82) is 0 Å². The third-order valence-corrected chi connectivity index (χ3v) is 4.16. The lowest BCUT2D eigenvalue weighted by molar-refractivity contribution is -0.169. The molecule has 25 heavy (non-hydrogen) atoms. The molecular formula is C19H16FNO4. The predicted molar refractivity (Wildman–Crippen MR) is 87.1 cm³/mol. The fraction of sp³-hybridized carbons (Fsp3) is 0.211. The zero-order valence-electron chi connectivity index (χ0n) is 13.8. The number of benzene rings is 2. The molecular weight excluding hydrogens is 325 g/mol. The zero-order valence-corrected chi connectivity index (χ0v) is 13.8. The van der Waals surface area contributed by atoms with Gasteiger partial charge in [0.2, 0.25) is 0 Å². The van der Waals surface area contributed by atoms with Crippen LogP contribution in [0.1, 0.15) is 46.5 Å². The maximum atomic E-state index is 13.1. The van der Waals surface area contributed by atoms with E-state index in [1.165, 1.54) is 24.3 Å². The number of carbonyl (C=O) groups is 3. The first-order valence-corrected chi connectivity index (χ1v) is 7.74. The van der Waals surface area contributed by atoms with E-state index in [-0.39, 0.29) is 23.4 Å². The number of hydrogen-bond donors (Lipinski definition) is 0. The van der Waals surface area contributed by atoms with E-state index in [2.05, 4.69) is 0 Å². The lowest BCUT2D eigenvalue weighted by Crippen LogP contribution is -2.34. The van der Waals surface area contributed by atoms with Crippen LogP contribution < -0.4 is 0 Å². The number of carbonyl (C=O) groups excluding carboxylic acids is 3. The average molecular weight is 341 g/mol. The van der Waals surface area contributed by atoms with Gasteiger partial charge in [-0.15, -0.1) is 0 Å². The highest BCUT2D eigenvalue weighted by Gasteiger charge is 2.39. The van der Waals surface area contributed by atoms with Crippen LogP contribution in [0.15, 0.2) is 48.5 Å². The van der Waals surface area contributed by atoms with Crippen molar-refractivity contribution >= 4 is 17.8 Å². The number of hydrogen-bond acceptors (Lipinski definition) is 4. The van der Waals surface area contributed by atoms with E-state index < -0.39 is 23.2 Å². The number of imide groups is 1. The Labute approximate surface area is 144 Å². The van der Waals surface area contributed by atoms with Crippen molar-refractivity contribution in [3.8, 4) is 0 Å². The number of rotatable bonds is 4. The van der Waals surface area contributed by atoms with Gasteiger partial charge >= 0.3 is 5.97 Å². The van der Waals surface area contributed by atoms with Gasteiger partial charge in [-0.05, 0) is 29.8 Å². The van der Waals surface area contributed by atoms with Crippen LogP contribution in [-0.2, 0) is 15.0 Å². The Morgan fingerprint density at radius 1 is 1.00 bits per heavy atom. The van der Waals surface area contributed by atoms with Gasteiger partial charge in [0.05, 0.1) is 17.5 Å². The van der Waals surface area contributed by atoms with Crippen LogP contribution in [0, 0.1) is 5.82 Å². The summed E-state index contributed by atoms with van der Waals surface area (Å²) < 4.78 is 13.1. The van der Waals surface area contributed by atoms with E-state index in [0.717, 1.165) is 5.56 Å². The van der Waals surface area contributed by atoms with Crippen molar-refractivity contribution in [1.82, 2.24) is 5.06 Å². The van der Waals surface area contributed by atoms with Crippen molar-refractivity contribution < 1.29 is 23.6 Å².